The Kier molecular flexibility index (Phi) is 3.95. The molecule has 0 unspecified atom stereocenters. The van der Waals surface area contributed by atoms with Gasteiger partial charge in [0.1, 0.15) is 0 Å². The molecule has 21 heavy (non-hydrogen) atoms. The summed E-state index contributed by atoms with van der Waals surface area (Å²) < 4.78 is 29.8. The number of esters is 1. The third-order valence-electron chi connectivity index (χ3n) is 2.88. The van der Waals surface area contributed by atoms with Gasteiger partial charge in [0.2, 0.25) is 0 Å². The molecule has 0 aliphatic rings. The van der Waals surface area contributed by atoms with Crippen molar-refractivity contribution in [2.75, 3.05) is 7.11 Å². The van der Waals surface area contributed by atoms with Crippen molar-refractivity contribution in [3.63, 3.8) is 0 Å². The second-order valence-corrected chi connectivity index (χ2v) is 6.17. The average molecular weight is 307 g/mol. The SMILES string of the molecule is COC(=O)c1ccn(S(=O)(=O)c2ccc(C)cc2)c(=O)c1. The Morgan fingerprint density at radius 1 is 1.14 bits per heavy atom. The summed E-state index contributed by atoms with van der Waals surface area (Å²) >= 11 is 0. The summed E-state index contributed by atoms with van der Waals surface area (Å²) in [5, 5.41) is 0. The summed E-state index contributed by atoms with van der Waals surface area (Å²) in [7, 11) is -2.81. The highest BCUT2D eigenvalue weighted by atomic mass is 32.2. The molecule has 2 rings (SSSR count). The van der Waals surface area contributed by atoms with Crippen molar-refractivity contribution < 1.29 is 17.9 Å². The van der Waals surface area contributed by atoms with Crippen molar-refractivity contribution in [3.05, 3.63) is 64.1 Å². The zero-order valence-electron chi connectivity index (χ0n) is 11.4. The predicted molar refractivity (Wildman–Crippen MR) is 75.8 cm³/mol. The van der Waals surface area contributed by atoms with Gasteiger partial charge in [-0.1, -0.05) is 17.7 Å². The number of benzene rings is 1. The van der Waals surface area contributed by atoms with E-state index < -0.39 is 21.6 Å². The van der Waals surface area contributed by atoms with Crippen LogP contribution in [-0.4, -0.2) is 25.5 Å². The van der Waals surface area contributed by atoms with Gasteiger partial charge in [-0.05, 0) is 25.1 Å². The Hall–Kier alpha value is -2.41. The van der Waals surface area contributed by atoms with E-state index in [9.17, 15) is 18.0 Å². The van der Waals surface area contributed by atoms with Gasteiger partial charge in [-0.2, -0.15) is 0 Å². The van der Waals surface area contributed by atoms with Gasteiger partial charge in [0.05, 0.1) is 17.6 Å². The van der Waals surface area contributed by atoms with E-state index in [1.165, 1.54) is 25.3 Å². The Morgan fingerprint density at radius 2 is 1.76 bits per heavy atom. The molecule has 0 radical (unpaired) electrons. The van der Waals surface area contributed by atoms with Crippen molar-refractivity contribution in [1.29, 1.82) is 0 Å². The van der Waals surface area contributed by atoms with E-state index >= 15 is 0 Å². The molecule has 0 saturated heterocycles. The van der Waals surface area contributed by atoms with Crippen LogP contribution in [0.1, 0.15) is 15.9 Å². The standard InChI is InChI=1S/C14H13NO5S/c1-10-3-5-12(6-4-10)21(18,19)15-8-7-11(9-13(15)16)14(17)20-2/h3-9H,1-2H3. The lowest BCUT2D eigenvalue weighted by molar-refractivity contribution is 0.0600. The number of carbonyl (C=O) groups excluding carboxylic acids is 1. The maximum absolute atomic E-state index is 12.4. The minimum atomic E-state index is -3.98. The molecule has 7 heteroatoms. The van der Waals surface area contributed by atoms with Crippen LogP contribution in [-0.2, 0) is 14.8 Å². The Morgan fingerprint density at radius 3 is 2.29 bits per heavy atom. The average Bonchev–Trinajstić information content (AvgIpc) is 2.46. The molecular weight excluding hydrogens is 294 g/mol. The number of aryl methyl sites for hydroxylation is 1. The Bertz CT molecular complexity index is 834. The predicted octanol–water partition coefficient (Wildman–Crippen LogP) is 1.18. The molecular formula is C14H13NO5S. The van der Waals surface area contributed by atoms with Crippen molar-refractivity contribution in [2.24, 2.45) is 0 Å². The van der Waals surface area contributed by atoms with E-state index in [2.05, 4.69) is 4.74 Å². The van der Waals surface area contributed by atoms with Crippen LogP contribution in [0.4, 0.5) is 0 Å². The summed E-state index contributed by atoms with van der Waals surface area (Å²) in [5.41, 5.74) is 0.0821. The largest absolute Gasteiger partial charge is 0.465 e. The normalized spacial score (nSPS) is 11.1. The van der Waals surface area contributed by atoms with Gasteiger partial charge in [0.15, 0.2) is 0 Å². The quantitative estimate of drug-likeness (QED) is 0.795. The molecule has 0 aliphatic carbocycles. The van der Waals surface area contributed by atoms with Crippen molar-refractivity contribution >= 4 is 16.0 Å². The van der Waals surface area contributed by atoms with E-state index in [1.807, 2.05) is 6.92 Å². The number of aromatic nitrogens is 1. The summed E-state index contributed by atoms with van der Waals surface area (Å²) in [5.74, 6) is -0.702. The summed E-state index contributed by atoms with van der Waals surface area (Å²) in [4.78, 5) is 23.2. The summed E-state index contributed by atoms with van der Waals surface area (Å²) in [6, 6.07) is 8.27. The third kappa shape index (κ3) is 2.87. The first-order chi connectivity index (χ1) is 9.86. The van der Waals surface area contributed by atoms with Gasteiger partial charge >= 0.3 is 5.97 Å². The van der Waals surface area contributed by atoms with Crippen LogP contribution in [0.3, 0.4) is 0 Å². The first-order valence-corrected chi connectivity index (χ1v) is 7.43. The second-order valence-electron chi connectivity index (χ2n) is 4.36. The number of hydrogen-bond acceptors (Lipinski definition) is 5. The van der Waals surface area contributed by atoms with Crippen molar-refractivity contribution in [1.82, 2.24) is 3.97 Å². The lowest BCUT2D eigenvalue weighted by atomic mass is 10.2. The van der Waals surface area contributed by atoms with E-state index in [4.69, 9.17) is 0 Å². The molecule has 0 aliphatic heterocycles. The maximum atomic E-state index is 12.4. The fourth-order valence-corrected chi connectivity index (χ4v) is 2.95. The molecule has 0 N–H and O–H groups in total. The third-order valence-corrected chi connectivity index (χ3v) is 4.57. The molecule has 2 aromatic rings. The first-order valence-electron chi connectivity index (χ1n) is 5.99. The zero-order valence-corrected chi connectivity index (χ0v) is 12.3. The number of nitrogens with zero attached hydrogens (tertiary/aromatic N) is 1. The van der Waals surface area contributed by atoms with Gasteiger partial charge in [0, 0.05) is 12.3 Å². The molecule has 1 aromatic carbocycles. The van der Waals surface area contributed by atoms with Gasteiger partial charge in [-0.25, -0.2) is 17.2 Å². The Labute approximate surface area is 121 Å². The molecule has 0 amide bonds. The fourth-order valence-electron chi connectivity index (χ4n) is 1.73. The van der Waals surface area contributed by atoms with E-state index in [0.717, 1.165) is 17.8 Å². The van der Waals surface area contributed by atoms with Crippen LogP contribution >= 0.6 is 0 Å². The van der Waals surface area contributed by atoms with Crippen molar-refractivity contribution in [2.45, 2.75) is 11.8 Å². The maximum Gasteiger partial charge on any atom is 0.338 e. The van der Waals surface area contributed by atoms with Gasteiger partial charge in [0.25, 0.3) is 15.6 Å². The number of rotatable bonds is 3. The van der Waals surface area contributed by atoms with Crippen LogP contribution < -0.4 is 5.56 Å². The molecule has 6 nitrogen and oxygen atoms in total. The number of hydrogen-bond donors (Lipinski definition) is 0. The number of methoxy groups -OCH3 is 1. The van der Waals surface area contributed by atoms with Gasteiger partial charge in [-0.3, -0.25) is 4.79 Å². The molecule has 1 aromatic heterocycles. The highest BCUT2D eigenvalue weighted by Gasteiger charge is 2.19. The van der Waals surface area contributed by atoms with Gasteiger partial charge in [-0.15, -0.1) is 0 Å². The van der Waals surface area contributed by atoms with Crippen LogP contribution in [0.15, 0.2) is 52.3 Å². The lowest BCUT2D eigenvalue weighted by Crippen LogP contribution is -2.27. The van der Waals surface area contributed by atoms with Crippen molar-refractivity contribution in [3.8, 4) is 0 Å². The summed E-state index contributed by atoms with van der Waals surface area (Å²) in [6.45, 7) is 1.83. The smallest absolute Gasteiger partial charge is 0.338 e. The van der Waals surface area contributed by atoms with E-state index in [-0.39, 0.29) is 10.5 Å². The molecule has 0 atom stereocenters. The molecule has 1 heterocycles. The van der Waals surface area contributed by atoms with Crippen LogP contribution in [0.25, 0.3) is 0 Å². The summed E-state index contributed by atoms with van der Waals surface area (Å²) in [6.07, 6.45) is 1.05. The number of carbonyl (C=O) groups is 1. The first kappa shape index (κ1) is 15.0. The van der Waals surface area contributed by atoms with E-state index in [1.54, 1.807) is 12.1 Å². The van der Waals surface area contributed by atoms with Crippen LogP contribution in [0.5, 0.6) is 0 Å². The number of ether oxygens (including phenoxy) is 1. The fraction of sp³-hybridized carbons (Fsp3) is 0.143. The van der Waals surface area contributed by atoms with Crippen LogP contribution in [0.2, 0.25) is 0 Å². The molecule has 0 fully saturated rings. The monoisotopic (exact) mass is 307 g/mol. The highest BCUT2D eigenvalue weighted by Crippen LogP contribution is 2.13. The van der Waals surface area contributed by atoms with Gasteiger partial charge < -0.3 is 4.74 Å². The minimum absolute atomic E-state index is 0.000943. The molecule has 0 spiro atoms. The van der Waals surface area contributed by atoms with Crippen LogP contribution in [0, 0.1) is 6.92 Å². The second kappa shape index (κ2) is 5.53. The number of pyridine rings is 1. The molecule has 0 bridgehead atoms. The van der Waals surface area contributed by atoms with E-state index in [0.29, 0.717) is 3.97 Å². The Balaban J connectivity index is 2.53. The molecule has 110 valence electrons. The minimum Gasteiger partial charge on any atom is -0.465 e. The highest BCUT2D eigenvalue weighted by molar-refractivity contribution is 7.90. The topological polar surface area (TPSA) is 82.4 Å². The lowest BCUT2D eigenvalue weighted by Gasteiger charge is -2.08. The zero-order chi connectivity index (χ0) is 15.6. The molecule has 0 saturated carbocycles.